The Labute approximate surface area is 91.3 Å². The van der Waals surface area contributed by atoms with Crippen LogP contribution in [0.1, 0.15) is 39.0 Å². The minimum absolute atomic E-state index is 0.262. The molecular formula is C12H20OS. The van der Waals surface area contributed by atoms with Gasteiger partial charge in [-0.3, -0.25) is 4.79 Å². The van der Waals surface area contributed by atoms with Crippen molar-refractivity contribution in [1.29, 1.82) is 0 Å². The van der Waals surface area contributed by atoms with Gasteiger partial charge < -0.3 is 0 Å². The van der Waals surface area contributed by atoms with Crippen LogP contribution in [0.15, 0.2) is 12.7 Å². The minimum Gasteiger partial charge on any atom is -0.299 e. The van der Waals surface area contributed by atoms with Crippen molar-refractivity contribution in [2.45, 2.75) is 44.3 Å². The third kappa shape index (κ3) is 3.16. The van der Waals surface area contributed by atoms with Gasteiger partial charge >= 0.3 is 0 Å². The SMILES string of the molecule is C=CCC1C(=O)CCSC1CCCC. The molecule has 1 fully saturated rings. The number of rotatable bonds is 5. The van der Waals surface area contributed by atoms with E-state index in [1.165, 1.54) is 19.3 Å². The lowest BCUT2D eigenvalue weighted by Crippen LogP contribution is -2.30. The third-order valence-corrected chi connectivity index (χ3v) is 4.24. The molecule has 1 saturated heterocycles. The van der Waals surface area contributed by atoms with Crippen molar-refractivity contribution in [2.75, 3.05) is 5.75 Å². The highest BCUT2D eigenvalue weighted by molar-refractivity contribution is 8.00. The van der Waals surface area contributed by atoms with Crippen LogP contribution >= 0.6 is 11.8 Å². The monoisotopic (exact) mass is 212 g/mol. The standard InChI is InChI=1S/C12H20OS/c1-3-5-7-12-10(6-4-2)11(13)8-9-14-12/h4,10,12H,2-3,5-9H2,1H3. The molecule has 80 valence electrons. The molecular weight excluding hydrogens is 192 g/mol. The second kappa shape index (κ2) is 6.28. The summed E-state index contributed by atoms with van der Waals surface area (Å²) in [6.07, 6.45) is 7.22. The lowest BCUT2D eigenvalue weighted by molar-refractivity contribution is -0.122. The van der Waals surface area contributed by atoms with Gasteiger partial charge in [0.25, 0.3) is 0 Å². The Kier molecular flexibility index (Phi) is 5.31. The van der Waals surface area contributed by atoms with E-state index in [1.807, 2.05) is 17.8 Å². The molecule has 0 aromatic heterocycles. The maximum absolute atomic E-state index is 11.7. The molecule has 0 N–H and O–H groups in total. The van der Waals surface area contributed by atoms with Crippen LogP contribution in [0.25, 0.3) is 0 Å². The first-order valence-corrected chi connectivity index (χ1v) is 6.59. The molecule has 0 amide bonds. The fourth-order valence-corrected chi connectivity index (χ4v) is 3.42. The van der Waals surface area contributed by atoms with Gasteiger partial charge in [-0.05, 0) is 12.8 Å². The van der Waals surface area contributed by atoms with Crippen LogP contribution in [0.3, 0.4) is 0 Å². The predicted molar refractivity (Wildman–Crippen MR) is 63.7 cm³/mol. The molecule has 1 rings (SSSR count). The van der Waals surface area contributed by atoms with Gasteiger partial charge in [0.05, 0.1) is 0 Å². The third-order valence-electron chi connectivity index (χ3n) is 2.81. The zero-order chi connectivity index (χ0) is 10.4. The van der Waals surface area contributed by atoms with Crippen LogP contribution < -0.4 is 0 Å². The Bertz CT molecular complexity index is 200. The van der Waals surface area contributed by atoms with Gasteiger partial charge in [-0.2, -0.15) is 11.8 Å². The zero-order valence-corrected chi connectivity index (χ0v) is 9.81. The quantitative estimate of drug-likeness (QED) is 0.649. The van der Waals surface area contributed by atoms with Gasteiger partial charge in [-0.1, -0.05) is 25.8 Å². The number of hydrogen-bond acceptors (Lipinski definition) is 2. The van der Waals surface area contributed by atoms with Crippen molar-refractivity contribution in [3.05, 3.63) is 12.7 Å². The smallest absolute Gasteiger partial charge is 0.138 e. The van der Waals surface area contributed by atoms with Gasteiger partial charge in [0.2, 0.25) is 0 Å². The molecule has 0 saturated carbocycles. The van der Waals surface area contributed by atoms with E-state index in [1.54, 1.807) is 0 Å². The van der Waals surface area contributed by atoms with E-state index in [2.05, 4.69) is 13.5 Å². The number of Topliss-reactive ketones (excluding diaryl/α,β-unsaturated/α-hetero) is 1. The molecule has 0 radical (unpaired) electrons. The first kappa shape index (κ1) is 11.8. The zero-order valence-electron chi connectivity index (χ0n) is 9.00. The molecule has 1 aliphatic heterocycles. The van der Waals surface area contributed by atoms with E-state index in [-0.39, 0.29) is 5.92 Å². The molecule has 0 aromatic carbocycles. The highest BCUT2D eigenvalue weighted by atomic mass is 32.2. The highest BCUT2D eigenvalue weighted by Crippen LogP contribution is 2.33. The molecule has 2 heteroatoms. The van der Waals surface area contributed by atoms with Crippen LogP contribution in [0, 0.1) is 5.92 Å². The van der Waals surface area contributed by atoms with Gasteiger partial charge in [0.15, 0.2) is 0 Å². The van der Waals surface area contributed by atoms with Crippen molar-refractivity contribution in [3.63, 3.8) is 0 Å². The summed E-state index contributed by atoms with van der Waals surface area (Å²) in [7, 11) is 0. The summed E-state index contributed by atoms with van der Waals surface area (Å²) < 4.78 is 0. The Morgan fingerprint density at radius 2 is 2.43 bits per heavy atom. The number of allylic oxidation sites excluding steroid dienone is 1. The first-order chi connectivity index (χ1) is 6.79. The maximum atomic E-state index is 11.7. The molecule has 2 unspecified atom stereocenters. The Hall–Kier alpha value is -0.240. The van der Waals surface area contributed by atoms with Gasteiger partial charge in [-0.15, -0.1) is 6.58 Å². The summed E-state index contributed by atoms with van der Waals surface area (Å²) in [5.41, 5.74) is 0. The Balaban J connectivity index is 2.50. The molecule has 0 bridgehead atoms. The van der Waals surface area contributed by atoms with Gasteiger partial charge in [0.1, 0.15) is 5.78 Å². The first-order valence-electron chi connectivity index (χ1n) is 5.54. The number of carbonyl (C=O) groups is 1. The summed E-state index contributed by atoms with van der Waals surface area (Å²) in [5.74, 6) is 1.75. The number of carbonyl (C=O) groups excluding carboxylic acids is 1. The fourth-order valence-electron chi connectivity index (χ4n) is 1.97. The lowest BCUT2D eigenvalue weighted by atomic mass is 9.91. The maximum Gasteiger partial charge on any atom is 0.138 e. The summed E-state index contributed by atoms with van der Waals surface area (Å²) >= 11 is 1.99. The van der Waals surface area contributed by atoms with Crippen LogP contribution in [0.2, 0.25) is 0 Å². The minimum atomic E-state index is 0.262. The second-order valence-electron chi connectivity index (χ2n) is 3.90. The number of hydrogen-bond donors (Lipinski definition) is 0. The number of ketones is 1. The van der Waals surface area contributed by atoms with Crippen molar-refractivity contribution in [2.24, 2.45) is 5.92 Å². The van der Waals surface area contributed by atoms with Crippen molar-refractivity contribution in [1.82, 2.24) is 0 Å². The van der Waals surface area contributed by atoms with Crippen LogP contribution in [0.5, 0.6) is 0 Å². The fraction of sp³-hybridized carbons (Fsp3) is 0.750. The normalized spacial score (nSPS) is 27.6. The molecule has 1 aliphatic rings. The topological polar surface area (TPSA) is 17.1 Å². The Morgan fingerprint density at radius 1 is 1.64 bits per heavy atom. The Morgan fingerprint density at radius 3 is 3.07 bits per heavy atom. The van der Waals surface area contributed by atoms with Crippen LogP contribution in [-0.4, -0.2) is 16.8 Å². The van der Waals surface area contributed by atoms with Crippen molar-refractivity contribution in [3.8, 4) is 0 Å². The molecule has 0 aromatic rings. The average molecular weight is 212 g/mol. The van der Waals surface area contributed by atoms with E-state index in [0.717, 1.165) is 18.6 Å². The molecule has 2 atom stereocenters. The predicted octanol–water partition coefficient (Wildman–Crippen LogP) is 3.44. The molecule has 14 heavy (non-hydrogen) atoms. The summed E-state index contributed by atoms with van der Waals surface area (Å²) in [6.45, 7) is 5.95. The van der Waals surface area contributed by atoms with E-state index in [4.69, 9.17) is 0 Å². The number of unbranched alkanes of at least 4 members (excludes halogenated alkanes) is 1. The van der Waals surface area contributed by atoms with E-state index < -0.39 is 0 Å². The molecule has 0 spiro atoms. The van der Waals surface area contributed by atoms with E-state index in [0.29, 0.717) is 11.0 Å². The van der Waals surface area contributed by atoms with Gasteiger partial charge in [0, 0.05) is 23.3 Å². The van der Waals surface area contributed by atoms with E-state index in [9.17, 15) is 4.79 Å². The van der Waals surface area contributed by atoms with Crippen LogP contribution in [0.4, 0.5) is 0 Å². The molecule has 1 heterocycles. The second-order valence-corrected chi connectivity index (χ2v) is 5.25. The van der Waals surface area contributed by atoms with Crippen LogP contribution in [-0.2, 0) is 4.79 Å². The van der Waals surface area contributed by atoms with Crippen molar-refractivity contribution < 1.29 is 4.79 Å². The average Bonchev–Trinajstić information content (AvgIpc) is 2.19. The summed E-state index contributed by atoms with van der Waals surface area (Å²) in [4.78, 5) is 11.7. The molecule has 1 nitrogen and oxygen atoms in total. The van der Waals surface area contributed by atoms with Gasteiger partial charge in [-0.25, -0.2) is 0 Å². The summed E-state index contributed by atoms with van der Waals surface area (Å²) in [5, 5.41) is 0.564. The molecule has 0 aliphatic carbocycles. The largest absolute Gasteiger partial charge is 0.299 e. The summed E-state index contributed by atoms with van der Waals surface area (Å²) in [6, 6.07) is 0. The highest BCUT2D eigenvalue weighted by Gasteiger charge is 2.30. The van der Waals surface area contributed by atoms with Crippen molar-refractivity contribution >= 4 is 17.5 Å². The van der Waals surface area contributed by atoms with E-state index >= 15 is 0 Å². The lowest BCUT2D eigenvalue weighted by Gasteiger charge is -2.29. The number of thioether (sulfide) groups is 1.